The summed E-state index contributed by atoms with van der Waals surface area (Å²) in [5.74, 6) is 0.701. The van der Waals surface area contributed by atoms with Gasteiger partial charge in [0.1, 0.15) is 5.75 Å². The molecule has 106 valence electrons. The van der Waals surface area contributed by atoms with Crippen molar-refractivity contribution >= 4 is 28.9 Å². The predicted molar refractivity (Wildman–Crippen MR) is 84.9 cm³/mol. The maximum Gasteiger partial charge on any atom is 0.125 e. The molecule has 0 aromatic heterocycles. The van der Waals surface area contributed by atoms with Crippen molar-refractivity contribution < 1.29 is 4.74 Å². The quantitative estimate of drug-likeness (QED) is 0.873. The number of methoxy groups -OCH3 is 1. The number of nitrogens with one attached hydrogen (secondary N) is 1. The molecule has 3 N–H and O–H groups in total. The molecular formula is C15H16Cl2N2O. The van der Waals surface area contributed by atoms with Crippen LogP contribution in [-0.2, 0) is 0 Å². The summed E-state index contributed by atoms with van der Waals surface area (Å²) in [4.78, 5) is 0. The Labute approximate surface area is 128 Å². The van der Waals surface area contributed by atoms with Gasteiger partial charge < -0.3 is 15.8 Å². The van der Waals surface area contributed by atoms with Gasteiger partial charge >= 0.3 is 0 Å². The molecule has 5 heteroatoms. The van der Waals surface area contributed by atoms with Gasteiger partial charge in [0.2, 0.25) is 0 Å². The van der Waals surface area contributed by atoms with E-state index in [4.69, 9.17) is 33.7 Å². The van der Waals surface area contributed by atoms with Gasteiger partial charge in [0.25, 0.3) is 0 Å². The molecule has 2 aromatic carbocycles. The van der Waals surface area contributed by atoms with Crippen molar-refractivity contribution in [2.45, 2.75) is 6.04 Å². The Hall–Kier alpha value is -1.42. The second-order valence-electron chi connectivity index (χ2n) is 4.27. The highest BCUT2D eigenvalue weighted by atomic mass is 35.5. The van der Waals surface area contributed by atoms with Crippen LogP contribution in [0.4, 0.5) is 5.69 Å². The first-order valence-electron chi connectivity index (χ1n) is 6.21. The summed E-state index contributed by atoms with van der Waals surface area (Å²) < 4.78 is 5.36. The summed E-state index contributed by atoms with van der Waals surface area (Å²) in [6, 6.07) is 12.8. The number of nitrogens with two attached hydrogens (primary N) is 1. The molecule has 0 spiro atoms. The van der Waals surface area contributed by atoms with Crippen LogP contribution in [0, 0.1) is 0 Å². The first kappa shape index (κ1) is 15.0. The standard InChI is InChI=1S/C15H16Cl2N2O/c1-20-14-8-4-6-11(17)15(14)13(9-18)19-12-7-3-2-5-10(12)16/h2-8,13,19H,9,18H2,1H3. The molecule has 0 aliphatic rings. The van der Waals surface area contributed by atoms with Crippen LogP contribution in [0.1, 0.15) is 11.6 Å². The molecule has 0 radical (unpaired) electrons. The first-order valence-corrected chi connectivity index (χ1v) is 6.96. The molecular weight excluding hydrogens is 295 g/mol. The van der Waals surface area contributed by atoms with Crippen molar-refractivity contribution in [3.63, 3.8) is 0 Å². The maximum atomic E-state index is 6.28. The number of anilines is 1. The van der Waals surface area contributed by atoms with Crippen LogP contribution in [0.2, 0.25) is 10.0 Å². The zero-order valence-electron chi connectivity index (χ0n) is 11.1. The van der Waals surface area contributed by atoms with Crippen LogP contribution in [0.5, 0.6) is 5.75 Å². The van der Waals surface area contributed by atoms with Crippen LogP contribution in [0.25, 0.3) is 0 Å². The van der Waals surface area contributed by atoms with Gasteiger partial charge in [-0.3, -0.25) is 0 Å². The Balaban J connectivity index is 2.36. The van der Waals surface area contributed by atoms with Gasteiger partial charge in [-0.05, 0) is 24.3 Å². The average Bonchev–Trinajstić information content (AvgIpc) is 2.47. The molecule has 0 amide bonds. The van der Waals surface area contributed by atoms with Crippen molar-refractivity contribution in [3.05, 3.63) is 58.1 Å². The topological polar surface area (TPSA) is 47.3 Å². The van der Waals surface area contributed by atoms with Crippen molar-refractivity contribution in [2.75, 3.05) is 19.0 Å². The zero-order chi connectivity index (χ0) is 14.5. The first-order chi connectivity index (χ1) is 9.67. The average molecular weight is 311 g/mol. The van der Waals surface area contributed by atoms with E-state index in [2.05, 4.69) is 5.32 Å². The number of ether oxygens (including phenoxy) is 1. The van der Waals surface area contributed by atoms with Crippen molar-refractivity contribution in [3.8, 4) is 5.75 Å². The van der Waals surface area contributed by atoms with E-state index in [1.165, 1.54) is 0 Å². The Bertz CT molecular complexity index is 590. The molecule has 0 aliphatic carbocycles. The minimum absolute atomic E-state index is 0.182. The fraction of sp³-hybridized carbons (Fsp3) is 0.200. The molecule has 1 atom stereocenters. The molecule has 0 saturated heterocycles. The molecule has 0 bridgehead atoms. The molecule has 0 heterocycles. The summed E-state index contributed by atoms with van der Waals surface area (Å²) in [5, 5.41) is 4.55. The van der Waals surface area contributed by atoms with Crippen molar-refractivity contribution in [1.29, 1.82) is 0 Å². The normalized spacial score (nSPS) is 12.0. The number of hydrogen-bond acceptors (Lipinski definition) is 3. The van der Waals surface area contributed by atoms with E-state index >= 15 is 0 Å². The summed E-state index contributed by atoms with van der Waals surface area (Å²) >= 11 is 12.4. The van der Waals surface area contributed by atoms with Gasteiger partial charge in [-0.15, -0.1) is 0 Å². The lowest BCUT2D eigenvalue weighted by atomic mass is 10.0. The largest absolute Gasteiger partial charge is 0.496 e. The smallest absolute Gasteiger partial charge is 0.125 e. The second-order valence-corrected chi connectivity index (χ2v) is 5.08. The Morgan fingerprint density at radius 2 is 1.80 bits per heavy atom. The van der Waals surface area contributed by atoms with Crippen LogP contribution >= 0.6 is 23.2 Å². The third-order valence-electron chi connectivity index (χ3n) is 3.02. The molecule has 0 saturated carbocycles. The van der Waals surface area contributed by atoms with Crippen molar-refractivity contribution in [1.82, 2.24) is 0 Å². The van der Waals surface area contributed by atoms with Crippen LogP contribution in [0.15, 0.2) is 42.5 Å². The van der Waals surface area contributed by atoms with E-state index in [0.717, 1.165) is 11.3 Å². The van der Waals surface area contributed by atoms with Gasteiger partial charge in [-0.1, -0.05) is 41.4 Å². The Morgan fingerprint density at radius 3 is 2.45 bits per heavy atom. The third kappa shape index (κ3) is 3.18. The minimum Gasteiger partial charge on any atom is -0.496 e. The monoisotopic (exact) mass is 310 g/mol. The molecule has 3 nitrogen and oxygen atoms in total. The van der Waals surface area contributed by atoms with Gasteiger partial charge in [-0.25, -0.2) is 0 Å². The van der Waals surface area contributed by atoms with E-state index in [0.29, 0.717) is 22.3 Å². The SMILES string of the molecule is COc1cccc(Cl)c1C(CN)Nc1ccccc1Cl. The highest BCUT2D eigenvalue weighted by Gasteiger charge is 2.18. The molecule has 0 fully saturated rings. The highest BCUT2D eigenvalue weighted by Crippen LogP contribution is 2.34. The van der Waals surface area contributed by atoms with E-state index in [1.54, 1.807) is 7.11 Å². The lowest BCUT2D eigenvalue weighted by molar-refractivity contribution is 0.407. The summed E-state index contributed by atoms with van der Waals surface area (Å²) in [6.07, 6.45) is 0. The predicted octanol–water partition coefficient (Wildman–Crippen LogP) is 4.11. The van der Waals surface area contributed by atoms with Crippen LogP contribution < -0.4 is 15.8 Å². The summed E-state index contributed by atoms with van der Waals surface area (Å²) in [6.45, 7) is 0.366. The lowest BCUT2D eigenvalue weighted by Gasteiger charge is -2.22. The van der Waals surface area contributed by atoms with Crippen LogP contribution in [-0.4, -0.2) is 13.7 Å². The number of halogens is 2. The maximum absolute atomic E-state index is 6.28. The van der Waals surface area contributed by atoms with E-state index < -0.39 is 0 Å². The number of para-hydroxylation sites is 1. The summed E-state index contributed by atoms with van der Waals surface area (Å²) in [7, 11) is 1.61. The summed E-state index contributed by atoms with van der Waals surface area (Å²) in [5.41, 5.74) is 7.52. The zero-order valence-corrected chi connectivity index (χ0v) is 12.6. The van der Waals surface area contributed by atoms with E-state index in [1.807, 2.05) is 42.5 Å². The van der Waals surface area contributed by atoms with E-state index in [9.17, 15) is 0 Å². The highest BCUT2D eigenvalue weighted by molar-refractivity contribution is 6.33. The van der Waals surface area contributed by atoms with E-state index in [-0.39, 0.29) is 6.04 Å². The van der Waals surface area contributed by atoms with Gasteiger partial charge in [-0.2, -0.15) is 0 Å². The van der Waals surface area contributed by atoms with Gasteiger partial charge in [0, 0.05) is 17.1 Å². The van der Waals surface area contributed by atoms with Gasteiger partial charge in [0.15, 0.2) is 0 Å². The fourth-order valence-electron chi connectivity index (χ4n) is 2.05. The number of hydrogen-bond donors (Lipinski definition) is 2. The lowest BCUT2D eigenvalue weighted by Crippen LogP contribution is -2.21. The molecule has 1 unspecified atom stereocenters. The second kappa shape index (κ2) is 6.84. The van der Waals surface area contributed by atoms with Crippen LogP contribution in [0.3, 0.4) is 0 Å². The molecule has 2 aromatic rings. The molecule has 0 aliphatic heterocycles. The minimum atomic E-state index is -0.182. The number of benzene rings is 2. The Morgan fingerprint density at radius 1 is 1.10 bits per heavy atom. The molecule has 20 heavy (non-hydrogen) atoms. The third-order valence-corrected chi connectivity index (χ3v) is 3.68. The van der Waals surface area contributed by atoms with Crippen molar-refractivity contribution in [2.24, 2.45) is 5.73 Å². The Kier molecular flexibility index (Phi) is 5.12. The molecule has 2 rings (SSSR count). The van der Waals surface area contributed by atoms with Gasteiger partial charge in [0.05, 0.1) is 23.9 Å². The number of rotatable bonds is 5. The fourth-order valence-corrected chi connectivity index (χ4v) is 2.54.